The zero-order chi connectivity index (χ0) is 20.0. The van der Waals surface area contributed by atoms with Gasteiger partial charge in [0.15, 0.2) is 0 Å². The van der Waals surface area contributed by atoms with Crippen molar-refractivity contribution in [3.05, 3.63) is 91.0 Å². The first kappa shape index (κ1) is 19.8. The summed E-state index contributed by atoms with van der Waals surface area (Å²) in [6.45, 7) is 0. The van der Waals surface area contributed by atoms with Crippen molar-refractivity contribution in [3.63, 3.8) is 0 Å². The molecule has 1 fully saturated rings. The summed E-state index contributed by atoms with van der Waals surface area (Å²) in [6, 6.07) is 33.6. The molecule has 1 saturated carbocycles. The molecule has 28 heavy (non-hydrogen) atoms. The molecule has 0 amide bonds. The third kappa shape index (κ3) is 4.13. The Labute approximate surface area is 164 Å². The van der Waals surface area contributed by atoms with E-state index in [4.69, 9.17) is 19.8 Å². The molecule has 4 nitrogen and oxygen atoms in total. The average Bonchev–Trinajstić information content (AvgIpc) is 3.57. The molecular formula is C23H22O4P+. The maximum atomic E-state index is 9.10. The molecule has 0 saturated heterocycles. The van der Waals surface area contributed by atoms with Crippen molar-refractivity contribution < 1.29 is 19.8 Å². The van der Waals surface area contributed by atoms with Gasteiger partial charge in [0.25, 0.3) is 0 Å². The summed E-state index contributed by atoms with van der Waals surface area (Å²) in [7, 11) is -1.51. The highest BCUT2D eigenvalue weighted by atomic mass is 31.2. The standard InChI is InChI=1S/C21H20P.C2H2O4/c1-4-10-18(11-5-1)22(21-16-17-21,19-12-6-2-7-13-19)20-14-8-3-9-15-20;3-1(4)2(5)6/h1-15,21H,16-17H2;(H,3,4)(H,5,6)/q+1;. The second-order valence-corrected chi connectivity index (χ2v) is 10.3. The third-order valence-corrected chi connectivity index (χ3v) is 9.72. The van der Waals surface area contributed by atoms with Crippen LogP contribution in [0.25, 0.3) is 0 Å². The van der Waals surface area contributed by atoms with E-state index < -0.39 is 19.2 Å². The van der Waals surface area contributed by atoms with Gasteiger partial charge in [-0.3, -0.25) is 0 Å². The Morgan fingerprint density at radius 2 is 0.893 bits per heavy atom. The Bertz CT molecular complexity index is 814. The van der Waals surface area contributed by atoms with E-state index in [1.165, 1.54) is 28.8 Å². The highest BCUT2D eigenvalue weighted by Gasteiger charge is 2.57. The first-order valence-corrected chi connectivity index (χ1v) is 10.9. The Hall–Kier alpha value is -2.97. The fourth-order valence-electron chi connectivity index (χ4n) is 3.53. The van der Waals surface area contributed by atoms with Crippen LogP contribution in [0.3, 0.4) is 0 Å². The van der Waals surface area contributed by atoms with Crippen molar-refractivity contribution in [2.75, 3.05) is 0 Å². The molecule has 3 aromatic carbocycles. The largest absolute Gasteiger partial charge is 0.473 e. The molecule has 2 N–H and O–H groups in total. The number of carbonyl (C=O) groups is 2. The van der Waals surface area contributed by atoms with Gasteiger partial charge < -0.3 is 10.2 Å². The first-order valence-electron chi connectivity index (χ1n) is 9.08. The summed E-state index contributed by atoms with van der Waals surface area (Å²) in [4.78, 5) is 18.2. The molecule has 0 spiro atoms. The number of aliphatic carboxylic acids is 2. The predicted octanol–water partition coefficient (Wildman–Crippen LogP) is 3.30. The number of rotatable bonds is 4. The number of hydrogen-bond acceptors (Lipinski definition) is 2. The van der Waals surface area contributed by atoms with E-state index in [1.807, 2.05) is 0 Å². The third-order valence-electron chi connectivity index (χ3n) is 4.77. The predicted molar refractivity (Wildman–Crippen MR) is 113 cm³/mol. The number of carboxylic acid groups (broad SMARTS) is 2. The van der Waals surface area contributed by atoms with Crippen LogP contribution in [0.4, 0.5) is 0 Å². The minimum Gasteiger partial charge on any atom is -0.473 e. The van der Waals surface area contributed by atoms with Gasteiger partial charge in [-0.15, -0.1) is 0 Å². The van der Waals surface area contributed by atoms with E-state index in [-0.39, 0.29) is 0 Å². The van der Waals surface area contributed by atoms with Gasteiger partial charge in [0.2, 0.25) is 0 Å². The van der Waals surface area contributed by atoms with Crippen LogP contribution in [-0.2, 0) is 9.59 Å². The molecular weight excluding hydrogens is 371 g/mol. The number of hydrogen-bond donors (Lipinski definition) is 2. The smallest absolute Gasteiger partial charge is 0.414 e. The second-order valence-electron chi connectivity index (χ2n) is 6.57. The normalized spacial score (nSPS) is 13.1. The Kier molecular flexibility index (Phi) is 6.23. The zero-order valence-electron chi connectivity index (χ0n) is 15.3. The topological polar surface area (TPSA) is 74.6 Å². The van der Waals surface area contributed by atoms with Crippen molar-refractivity contribution in [2.24, 2.45) is 0 Å². The molecule has 0 radical (unpaired) electrons. The average molecular weight is 393 g/mol. The Balaban J connectivity index is 0.000000330. The van der Waals surface area contributed by atoms with Gasteiger partial charge in [-0.25, -0.2) is 9.59 Å². The minimum atomic E-state index is -1.82. The molecule has 142 valence electrons. The maximum Gasteiger partial charge on any atom is 0.414 e. The summed E-state index contributed by atoms with van der Waals surface area (Å²) in [5.74, 6) is -3.65. The van der Waals surface area contributed by atoms with E-state index in [0.29, 0.717) is 0 Å². The number of benzene rings is 3. The van der Waals surface area contributed by atoms with Crippen LogP contribution in [0.2, 0.25) is 0 Å². The maximum absolute atomic E-state index is 9.10. The molecule has 1 aliphatic rings. The van der Waals surface area contributed by atoms with E-state index in [2.05, 4.69) is 91.0 Å². The molecule has 4 rings (SSSR count). The van der Waals surface area contributed by atoms with Crippen LogP contribution in [0, 0.1) is 0 Å². The summed E-state index contributed by atoms with van der Waals surface area (Å²) in [6.07, 6.45) is 2.71. The second kappa shape index (κ2) is 8.81. The van der Waals surface area contributed by atoms with Gasteiger partial charge in [0.05, 0.1) is 5.66 Å². The minimum absolute atomic E-state index is 0.805. The lowest BCUT2D eigenvalue weighted by Gasteiger charge is -2.27. The van der Waals surface area contributed by atoms with E-state index in [1.54, 1.807) is 0 Å². The summed E-state index contributed by atoms with van der Waals surface area (Å²) < 4.78 is 0. The lowest BCUT2D eigenvalue weighted by atomic mass is 10.4. The van der Waals surface area contributed by atoms with Crippen LogP contribution >= 0.6 is 7.26 Å². The quantitative estimate of drug-likeness (QED) is 0.527. The SMILES string of the molecule is O=C(O)C(=O)O.c1ccc([P+](c2ccccc2)(c2ccccc2)C2CC2)cc1. The van der Waals surface area contributed by atoms with Crippen LogP contribution in [0.5, 0.6) is 0 Å². The van der Waals surface area contributed by atoms with Gasteiger partial charge >= 0.3 is 11.9 Å². The molecule has 3 aromatic rings. The van der Waals surface area contributed by atoms with Crippen LogP contribution < -0.4 is 15.9 Å². The molecule has 1 aliphatic carbocycles. The number of carboxylic acids is 2. The molecule has 0 heterocycles. The fraction of sp³-hybridized carbons (Fsp3) is 0.130. The molecule has 0 atom stereocenters. The van der Waals surface area contributed by atoms with Gasteiger partial charge in [-0.05, 0) is 49.2 Å². The van der Waals surface area contributed by atoms with Crippen molar-refractivity contribution >= 4 is 35.1 Å². The lowest BCUT2D eigenvalue weighted by Crippen LogP contribution is -2.34. The molecule has 0 unspecified atom stereocenters. The van der Waals surface area contributed by atoms with E-state index >= 15 is 0 Å². The monoisotopic (exact) mass is 393 g/mol. The highest BCUT2D eigenvalue weighted by molar-refractivity contribution is 7.96. The van der Waals surface area contributed by atoms with Gasteiger partial charge in [0, 0.05) is 0 Å². The fourth-order valence-corrected chi connectivity index (χ4v) is 8.54. The van der Waals surface area contributed by atoms with Gasteiger partial charge in [0.1, 0.15) is 23.2 Å². The first-order chi connectivity index (χ1) is 13.6. The lowest BCUT2D eigenvalue weighted by molar-refractivity contribution is -0.159. The van der Waals surface area contributed by atoms with E-state index in [0.717, 1.165) is 5.66 Å². The van der Waals surface area contributed by atoms with Gasteiger partial charge in [-0.2, -0.15) is 0 Å². The van der Waals surface area contributed by atoms with Crippen molar-refractivity contribution in [1.82, 2.24) is 0 Å². The van der Waals surface area contributed by atoms with Crippen LogP contribution in [0.15, 0.2) is 91.0 Å². The van der Waals surface area contributed by atoms with Gasteiger partial charge in [-0.1, -0.05) is 54.6 Å². The Morgan fingerprint density at radius 1 is 0.607 bits per heavy atom. The summed E-state index contributed by atoms with van der Waals surface area (Å²) in [5.41, 5.74) is 0.805. The van der Waals surface area contributed by atoms with E-state index in [9.17, 15) is 0 Å². The Morgan fingerprint density at radius 3 is 1.11 bits per heavy atom. The molecule has 5 heteroatoms. The molecule has 0 aromatic heterocycles. The highest BCUT2D eigenvalue weighted by Crippen LogP contribution is 2.67. The molecule has 0 bridgehead atoms. The molecule has 0 aliphatic heterocycles. The zero-order valence-corrected chi connectivity index (χ0v) is 16.2. The van der Waals surface area contributed by atoms with Crippen molar-refractivity contribution in [3.8, 4) is 0 Å². The van der Waals surface area contributed by atoms with Crippen LogP contribution in [-0.4, -0.2) is 27.8 Å². The summed E-state index contributed by atoms with van der Waals surface area (Å²) in [5, 5.41) is 19.4. The van der Waals surface area contributed by atoms with Crippen molar-refractivity contribution in [1.29, 1.82) is 0 Å². The van der Waals surface area contributed by atoms with Crippen molar-refractivity contribution in [2.45, 2.75) is 18.5 Å². The van der Waals surface area contributed by atoms with Crippen LogP contribution in [0.1, 0.15) is 12.8 Å². The summed E-state index contributed by atoms with van der Waals surface area (Å²) >= 11 is 0.